The molecule has 3 N–H and O–H groups in total. The van der Waals surface area contributed by atoms with Gasteiger partial charge in [-0.1, -0.05) is 0 Å². The maximum Gasteiger partial charge on any atom is 0.314 e. The lowest BCUT2D eigenvalue weighted by Gasteiger charge is -2.38. The number of carbonyl (C=O) groups excluding carboxylic acids is 1. The Labute approximate surface area is 106 Å². The molecule has 2 amide bonds. The number of nitrogens with one attached hydrogen (secondary N) is 1. The summed E-state index contributed by atoms with van der Waals surface area (Å²) in [5.74, 6) is 1.64. The van der Waals surface area contributed by atoms with E-state index in [-0.39, 0.29) is 6.03 Å². The Morgan fingerprint density at radius 1 is 1.50 bits per heavy atom. The molecule has 0 radical (unpaired) electrons. The first kappa shape index (κ1) is 11.5. The molecule has 1 saturated carbocycles. The average molecular weight is 249 g/mol. The molecule has 0 unspecified atom stereocenters. The van der Waals surface area contributed by atoms with Crippen molar-refractivity contribution in [3.8, 4) is 0 Å². The molecular weight excluding hydrogens is 230 g/mol. The zero-order valence-corrected chi connectivity index (χ0v) is 10.4. The van der Waals surface area contributed by atoms with Gasteiger partial charge in [-0.15, -0.1) is 0 Å². The highest BCUT2D eigenvalue weighted by atomic mass is 16.2. The van der Waals surface area contributed by atoms with E-state index in [1.165, 1.54) is 12.8 Å². The minimum atomic E-state index is -0.310. The molecule has 1 aromatic rings. The molecule has 98 valence electrons. The van der Waals surface area contributed by atoms with Gasteiger partial charge in [0, 0.05) is 44.0 Å². The van der Waals surface area contributed by atoms with Gasteiger partial charge in [-0.25, -0.2) is 9.78 Å². The van der Waals surface area contributed by atoms with E-state index >= 15 is 0 Å². The van der Waals surface area contributed by atoms with Gasteiger partial charge in [-0.3, -0.25) is 0 Å². The average Bonchev–Trinajstić information content (AvgIpc) is 3.01. The van der Waals surface area contributed by atoms with E-state index in [2.05, 4.69) is 21.1 Å². The molecule has 3 rings (SSSR count). The molecule has 6 nitrogen and oxygen atoms in total. The van der Waals surface area contributed by atoms with Crippen LogP contribution in [0.4, 0.5) is 4.79 Å². The number of aromatic nitrogens is 2. The molecule has 0 bridgehead atoms. The highest BCUT2D eigenvalue weighted by molar-refractivity contribution is 5.72. The Morgan fingerprint density at radius 2 is 2.28 bits per heavy atom. The number of primary amides is 1. The van der Waals surface area contributed by atoms with Crippen LogP contribution in [0, 0.1) is 5.92 Å². The molecular formula is C12H19N5O. The molecule has 2 aliphatic rings. The second kappa shape index (κ2) is 4.61. The first-order valence-electron chi connectivity index (χ1n) is 6.51. The Balaban J connectivity index is 1.40. The quantitative estimate of drug-likeness (QED) is 0.789. The summed E-state index contributed by atoms with van der Waals surface area (Å²) in [4.78, 5) is 16.9. The lowest BCUT2D eigenvalue weighted by molar-refractivity contribution is 0.126. The van der Waals surface area contributed by atoms with Crippen molar-refractivity contribution >= 4 is 6.03 Å². The van der Waals surface area contributed by atoms with Crippen molar-refractivity contribution in [2.45, 2.75) is 25.4 Å². The molecule has 0 atom stereocenters. The zero-order chi connectivity index (χ0) is 12.5. The molecule has 2 fully saturated rings. The van der Waals surface area contributed by atoms with E-state index in [0.717, 1.165) is 32.0 Å². The van der Waals surface area contributed by atoms with Crippen molar-refractivity contribution in [1.29, 1.82) is 0 Å². The summed E-state index contributed by atoms with van der Waals surface area (Å²) in [6.07, 6.45) is 6.49. The number of carbonyl (C=O) groups is 1. The van der Waals surface area contributed by atoms with Gasteiger partial charge < -0.3 is 20.5 Å². The minimum absolute atomic E-state index is 0.310. The summed E-state index contributed by atoms with van der Waals surface area (Å²) < 4.78 is 2.27. The molecule has 0 aromatic carbocycles. The SMILES string of the molecule is NC(=O)N1CC(CNCc2nccn2C2CC2)C1. The Morgan fingerprint density at radius 3 is 2.94 bits per heavy atom. The molecule has 0 spiro atoms. The van der Waals surface area contributed by atoms with Crippen molar-refractivity contribution in [1.82, 2.24) is 19.8 Å². The summed E-state index contributed by atoms with van der Waals surface area (Å²) in [6.45, 7) is 3.27. The second-order valence-corrected chi connectivity index (χ2v) is 5.22. The van der Waals surface area contributed by atoms with Gasteiger partial charge in [0.15, 0.2) is 0 Å². The summed E-state index contributed by atoms with van der Waals surface area (Å²) >= 11 is 0. The molecule has 1 aromatic heterocycles. The van der Waals surface area contributed by atoms with E-state index in [1.807, 2.05) is 6.20 Å². The fraction of sp³-hybridized carbons (Fsp3) is 0.667. The largest absolute Gasteiger partial charge is 0.351 e. The smallest absolute Gasteiger partial charge is 0.314 e. The van der Waals surface area contributed by atoms with Crippen molar-refractivity contribution in [3.05, 3.63) is 18.2 Å². The topological polar surface area (TPSA) is 76.2 Å². The molecule has 1 saturated heterocycles. The van der Waals surface area contributed by atoms with Crippen LogP contribution in [0.15, 0.2) is 12.4 Å². The van der Waals surface area contributed by atoms with E-state index in [1.54, 1.807) is 4.90 Å². The van der Waals surface area contributed by atoms with Crippen LogP contribution in [0.2, 0.25) is 0 Å². The van der Waals surface area contributed by atoms with Crippen LogP contribution in [0.3, 0.4) is 0 Å². The predicted molar refractivity (Wildman–Crippen MR) is 66.9 cm³/mol. The summed E-state index contributed by atoms with van der Waals surface area (Å²) in [7, 11) is 0. The second-order valence-electron chi connectivity index (χ2n) is 5.22. The maximum absolute atomic E-state index is 10.8. The van der Waals surface area contributed by atoms with Crippen LogP contribution in [-0.2, 0) is 6.54 Å². The lowest BCUT2D eigenvalue weighted by Crippen LogP contribution is -2.55. The van der Waals surface area contributed by atoms with Gasteiger partial charge in [0.2, 0.25) is 0 Å². The first-order valence-corrected chi connectivity index (χ1v) is 6.51. The van der Waals surface area contributed by atoms with Crippen molar-refractivity contribution in [2.75, 3.05) is 19.6 Å². The normalized spacial score (nSPS) is 19.9. The number of nitrogens with zero attached hydrogens (tertiary/aromatic N) is 3. The molecule has 18 heavy (non-hydrogen) atoms. The zero-order valence-electron chi connectivity index (χ0n) is 10.4. The summed E-state index contributed by atoms with van der Waals surface area (Å²) in [6, 6.07) is 0.369. The van der Waals surface area contributed by atoms with Gasteiger partial charge in [-0.2, -0.15) is 0 Å². The minimum Gasteiger partial charge on any atom is -0.351 e. The summed E-state index contributed by atoms with van der Waals surface area (Å²) in [5.41, 5.74) is 5.18. The van der Waals surface area contributed by atoms with Crippen molar-refractivity contribution in [2.24, 2.45) is 11.7 Å². The third-order valence-electron chi connectivity index (χ3n) is 3.67. The van der Waals surface area contributed by atoms with Crippen LogP contribution in [0.5, 0.6) is 0 Å². The van der Waals surface area contributed by atoms with E-state index in [0.29, 0.717) is 12.0 Å². The standard InChI is InChI=1S/C12H19N5O/c13-12(18)16-7-9(8-16)5-14-6-11-15-3-4-17(11)10-1-2-10/h3-4,9-10,14H,1-2,5-8H2,(H2,13,18). The number of urea groups is 1. The number of imidazole rings is 1. The molecule has 2 heterocycles. The molecule has 6 heteroatoms. The van der Waals surface area contributed by atoms with Gasteiger partial charge in [0.1, 0.15) is 5.82 Å². The first-order chi connectivity index (χ1) is 8.74. The fourth-order valence-corrected chi connectivity index (χ4v) is 2.43. The highest BCUT2D eigenvalue weighted by Crippen LogP contribution is 2.35. The Hall–Kier alpha value is -1.56. The molecule has 1 aliphatic carbocycles. The van der Waals surface area contributed by atoms with Crippen molar-refractivity contribution in [3.63, 3.8) is 0 Å². The van der Waals surface area contributed by atoms with Gasteiger partial charge >= 0.3 is 6.03 Å². The monoisotopic (exact) mass is 249 g/mol. The number of amides is 2. The van der Waals surface area contributed by atoms with Crippen LogP contribution in [0.1, 0.15) is 24.7 Å². The number of hydrogen-bond acceptors (Lipinski definition) is 3. The number of likely N-dealkylation sites (tertiary alicyclic amines) is 1. The van der Waals surface area contributed by atoms with Crippen LogP contribution < -0.4 is 11.1 Å². The third-order valence-corrected chi connectivity index (χ3v) is 3.67. The lowest BCUT2D eigenvalue weighted by atomic mass is 10.0. The third kappa shape index (κ3) is 2.33. The number of hydrogen-bond donors (Lipinski definition) is 2. The number of nitrogens with two attached hydrogens (primary N) is 1. The van der Waals surface area contributed by atoms with Crippen LogP contribution in [-0.4, -0.2) is 40.1 Å². The maximum atomic E-state index is 10.8. The van der Waals surface area contributed by atoms with Crippen molar-refractivity contribution < 1.29 is 4.79 Å². The Bertz CT molecular complexity index is 433. The fourth-order valence-electron chi connectivity index (χ4n) is 2.43. The Kier molecular flexibility index (Phi) is 2.95. The van der Waals surface area contributed by atoms with E-state index in [9.17, 15) is 4.79 Å². The van der Waals surface area contributed by atoms with Gasteiger partial charge in [0.25, 0.3) is 0 Å². The van der Waals surface area contributed by atoms with E-state index < -0.39 is 0 Å². The predicted octanol–water partition coefficient (Wildman–Crippen LogP) is 0.318. The molecule has 1 aliphatic heterocycles. The highest BCUT2D eigenvalue weighted by Gasteiger charge is 2.29. The van der Waals surface area contributed by atoms with Gasteiger partial charge in [0.05, 0.1) is 6.54 Å². The summed E-state index contributed by atoms with van der Waals surface area (Å²) in [5, 5.41) is 3.41. The van der Waals surface area contributed by atoms with Crippen LogP contribution >= 0.6 is 0 Å². The van der Waals surface area contributed by atoms with Gasteiger partial charge in [-0.05, 0) is 12.8 Å². The van der Waals surface area contributed by atoms with Crippen LogP contribution in [0.25, 0.3) is 0 Å². The van der Waals surface area contributed by atoms with E-state index in [4.69, 9.17) is 5.73 Å². The number of rotatable bonds is 5.